The Morgan fingerprint density at radius 1 is 0.965 bits per heavy atom. The molecule has 1 unspecified atom stereocenters. The van der Waals surface area contributed by atoms with Crippen LogP contribution in [-0.2, 0) is 25.7 Å². The van der Waals surface area contributed by atoms with Gasteiger partial charge in [-0.05, 0) is 83.2 Å². The third-order valence-corrected chi connectivity index (χ3v) is 10.2. The van der Waals surface area contributed by atoms with Crippen molar-refractivity contribution in [2.24, 2.45) is 5.92 Å². The third kappa shape index (κ3) is 9.30. The largest absolute Gasteiger partial charge is 0.347 e. The third-order valence-electron chi connectivity index (χ3n) is 10.2. The first-order chi connectivity index (χ1) is 26.8. The van der Waals surface area contributed by atoms with Crippen molar-refractivity contribution in [2.75, 3.05) is 42.8 Å². The van der Waals surface area contributed by atoms with Crippen LogP contribution in [0.3, 0.4) is 0 Å². The highest BCUT2D eigenvalue weighted by atomic mass is 16.2. The maximum absolute atomic E-state index is 13.7. The number of carbonyl (C=O) groups is 6. The van der Waals surface area contributed by atoms with E-state index in [1.807, 2.05) is 39.8 Å². The number of hydrogen-bond donors (Lipinski definition) is 4. The number of carbonyl (C=O) groups excluding carboxylic acids is 6. The Morgan fingerprint density at radius 3 is 2.33 bits per heavy atom. The Bertz CT molecular complexity index is 2050. The van der Waals surface area contributed by atoms with Gasteiger partial charge >= 0.3 is 6.03 Å². The molecule has 1 saturated heterocycles. The van der Waals surface area contributed by atoms with E-state index in [4.69, 9.17) is 0 Å². The number of likely N-dealkylation sites (tertiary alicyclic amines) is 1. The molecule has 5 rings (SSSR count). The SMILES string of the molecule is Cc1ccc(Nc2ncc3c(n2)N(C)C(=O)N(c2cc(C(=O)N[C@@H](C)C(=O)N4CCCC4C(=O)NC(C)(C)C(=O)N[C@H](C(=O)N(C)C)C(C)C)ccc2C)C3)cn1. The van der Waals surface area contributed by atoms with Gasteiger partial charge in [0.25, 0.3) is 5.91 Å². The smallest absolute Gasteiger partial charge is 0.330 e. The summed E-state index contributed by atoms with van der Waals surface area (Å²) >= 11 is 0. The Balaban J connectivity index is 1.24. The van der Waals surface area contributed by atoms with Crippen molar-refractivity contribution in [1.82, 2.24) is 40.7 Å². The van der Waals surface area contributed by atoms with Crippen LogP contribution in [0, 0.1) is 19.8 Å². The predicted octanol–water partition coefficient (Wildman–Crippen LogP) is 3.04. The molecule has 4 N–H and O–H groups in total. The van der Waals surface area contributed by atoms with Gasteiger partial charge in [0.05, 0.1) is 18.4 Å². The summed E-state index contributed by atoms with van der Waals surface area (Å²) in [5.41, 5.74) is 2.37. The number of benzene rings is 1. The van der Waals surface area contributed by atoms with Gasteiger partial charge < -0.3 is 31.1 Å². The highest BCUT2D eigenvalue weighted by Gasteiger charge is 2.41. The molecule has 0 spiro atoms. The molecule has 0 radical (unpaired) electrons. The first kappa shape index (κ1) is 42.0. The van der Waals surface area contributed by atoms with Gasteiger partial charge in [-0.2, -0.15) is 4.98 Å². The molecule has 2 aromatic heterocycles. The fraction of sp³-hybridized carbons (Fsp3) is 0.475. The van der Waals surface area contributed by atoms with E-state index < -0.39 is 47.3 Å². The highest BCUT2D eigenvalue weighted by molar-refractivity contribution is 6.07. The van der Waals surface area contributed by atoms with E-state index in [1.54, 1.807) is 77.4 Å². The van der Waals surface area contributed by atoms with Crippen molar-refractivity contribution in [3.63, 3.8) is 0 Å². The van der Waals surface area contributed by atoms with Crippen molar-refractivity contribution < 1.29 is 28.8 Å². The summed E-state index contributed by atoms with van der Waals surface area (Å²) in [7, 11) is 4.83. The van der Waals surface area contributed by atoms with Crippen molar-refractivity contribution in [3.8, 4) is 0 Å². The molecular weight excluding hydrogens is 731 g/mol. The average molecular weight is 784 g/mol. The Hall–Kier alpha value is -6.13. The molecule has 57 heavy (non-hydrogen) atoms. The zero-order valence-electron chi connectivity index (χ0n) is 34.3. The number of aryl methyl sites for hydroxylation is 2. The minimum absolute atomic E-state index is 0.162. The topological polar surface area (TPSA) is 202 Å². The Morgan fingerprint density at radius 2 is 1.68 bits per heavy atom. The van der Waals surface area contributed by atoms with Crippen LogP contribution in [0.1, 0.15) is 74.6 Å². The number of fused-ring (bicyclic) bond motifs is 1. The van der Waals surface area contributed by atoms with Crippen LogP contribution >= 0.6 is 0 Å². The number of aromatic nitrogens is 3. The lowest BCUT2D eigenvalue weighted by Crippen LogP contribution is -2.62. The van der Waals surface area contributed by atoms with E-state index in [-0.39, 0.29) is 30.0 Å². The first-order valence-corrected chi connectivity index (χ1v) is 19.0. The average Bonchev–Trinajstić information content (AvgIpc) is 3.66. The van der Waals surface area contributed by atoms with Crippen LogP contribution in [0.25, 0.3) is 0 Å². The molecule has 304 valence electrons. The molecule has 1 fully saturated rings. The lowest BCUT2D eigenvalue weighted by atomic mass is 9.98. The van der Waals surface area contributed by atoms with Gasteiger partial charge in [0, 0.05) is 56.4 Å². The number of rotatable bonds is 12. The number of pyridine rings is 1. The summed E-state index contributed by atoms with van der Waals surface area (Å²) in [5.74, 6) is -1.73. The monoisotopic (exact) mass is 783 g/mol. The molecule has 0 aliphatic carbocycles. The number of nitrogens with one attached hydrogen (secondary N) is 4. The fourth-order valence-electron chi connectivity index (χ4n) is 6.73. The predicted molar refractivity (Wildman–Crippen MR) is 215 cm³/mol. The van der Waals surface area contributed by atoms with Gasteiger partial charge in [-0.15, -0.1) is 0 Å². The molecule has 17 heteroatoms. The minimum Gasteiger partial charge on any atom is -0.347 e. The zero-order chi connectivity index (χ0) is 41.9. The summed E-state index contributed by atoms with van der Waals surface area (Å²) in [4.78, 5) is 99.7. The quantitative estimate of drug-likeness (QED) is 0.212. The van der Waals surface area contributed by atoms with E-state index in [0.717, 1.165) is 11.3 Å². The normalized spacial score (nSPS) is 16.4. The summed E-state index contributed by atoms with van der Waals surface area (Å²) in [5, 5.41) is 11.4. The van der Waals surface area contributed by atoms with Crippen molar-refractivity contribution in [3.05, 3.63) is 65.1 Å². The summed E-state index contributed by atoms with van der Waals surface area (Å²) < 4.78 is 0. The van der Waals surface area contributed by atoms with E-state index in [0.29, 0.717) is 48.1 Å². The zero-order valence-corrected chi connectivity index (χ0v) is 34.3. The van der Waals surface area contributed by atoms with Crippen molar-refractivity contribution >= 4 is 58.7 Å². The van der Waals surface area contributed by atoms with E-state index in [2.05, 4.69) is 36.2 Å². The van der Waals surface area contributed by atoms with Gasteiger partial charge in [0.2, 0.25) is 29.6 Å². The van der Waals surface area contributed by atoms with Crippen LogP contribution in [-0.4, -0.2) is 112 Å². The lowest BCUT2D eigenvalue weighted by Gasteiger charge is -2.35. The van der Waals surface area contributed by atoms with E-state index >= 15 is 0 Å². The summed E-state index contributed by atoms with van der Waals surface area (Å²) in [6.45, 7) is 12.4. The van der Waals surface area contributed by atoms with Crippen LogP contribution in [0.5, 0.6) is 0 Å². The van der Waals surface area contributed by atoms with Crippen molar-refractivity contribution in [1.29, 1.82) is 0 Å². The van der Waals surface area contributed by atoms with Gasteiger partial charge in [0.1, 0.15) is 29.5 Å². The van der Waals surface area contributed by atoms with Gasteiger partial charge in [-0.25, -0.2) is 9.78 Å². The van der Waals surface area contributed by atoms with Crippen LogP contribution in [0.2, 0.25) is 0 Å². The van der Waals surface area contributed by atoms with Gasteiger partial charge in [-0.3, -0.25) is 38.8 Å². The second kappa shape index (κ2) is 16.9. The summed E-state index contributed by atoms with van der Waals surface area (Å²) in [6, 6.07) is 5.69. The standard InChI is InChI=1S/C40H53N11O6/c1-22(2)31(36(55)48(8)9)45-37(56)40(6,7)47-34(53)29-12-11-17-50(29)35(54)25(5)43-33(52)26-15-13-23(3)30(18-26)51-21-27-19-42-38(46-32(27)49(10)39(51)57)44-28-16-14-24(4)41-20-28/h13-16,18-20,22,25,29,31H,11-12,17,21H2,1-10H3,(H,43,52)(H,45,56)(H,47,53)(H,42,44,46)/t25-,29?,31-/m0/s1. The van der Waals surface area contributed by atoms with Crippen LogP contribution in [0.15, 0.2) is 42.7 Å². The molecule has 7 amide bonds. The van der Waals surface area contributed by atoms with Crippen molar-refractivity contribution in [2.45, 2.75) is 91.5 Å². The Kier molecular flexibility index (Phi) is 12.5. The highest BCUT2D eigenvalue weighted by Crippen LogP contribution is 2.32. The number of amides is 7. The molecule has 4 heterocycles. The lowest BCUT2D eigenvalue weighted by molar-refractivity contribution is -0.142. The molecule has 2 aliphatic heterocycles. The number of urea groups is 1. The molecule has 0 saturated carbocycles. The second-order valence-electron chi connectivity index (χ2n) is 15.7. The van der Waals surface area contributed by atoms with Gasteiger partial charge in [-0.1, -0.05) is 19.9 Å². The number of anilines is 4. The number of hydrogen-bond acceptors (Lipinski definition) is 10. The molecule has 1 aromatic carbocycles. The molecule has 2 aliphatic rings. The van der Waals surface area contributed by atoms with Crippen LogP contribution in [0.4, 0.5) is 27.9 Å². The molecular formula is C40H53N11O6. The van der Waals surface area contributed by atoms with Crippen LogP contribution < -0.4 is 31.1 Å². The number of likely N-dealkylation sites (N-methyl/N-ethyl adjacent to an activating group) is 1. The maximum atomic E-state index is 13.7. The first-order valence-electron chi connectivity index (χ1n) is 19.0. The minimum atomic E-state index is -1.39. The molecule has 3 atom stereocenters. The summed E-state index contributed by atoms with van der Waals surface area (Å²) in [6.07, 6.45) is 4.26. The molecule has 0 bridgehead atoms. The fourth-order valence-corrected chi connectivity index (χ4v) is 6.73. The molecule has 3 aromatic rings. The van der Waals surface area contributed by atoms with Gasteiger partial charge in [0.15, 0.2) is 0 Å². The van der Waals surface area contributed by atoms with E-state index in [1.165, 1.54) is 14.7 Å². The maximum Gasteiger partial charge on any atom is 0.330 e. The Labute approximate surface area is 333 Å². The molecule has 17 nitrogen and oxygen atoms in total. The second-order valence-corrected chi connectivity index (χ2v) is 15.7. The van der Waals surface area contributed by atoms with E-state index in [9.17, 15) is 28.8 Å². The number of nitrogens with zero attached hydrogens (tertiary/aromatic N) is 7.